The molecular formula is C13H18ClNO2. The first-order valence-corrected chi connectivity index (χ1v) is 5.94. The van der Waals surface area contributed by atoms with E-state index in [4.69, 9.17) is 22.1 Å². The van der Waals surface area contributed by atoms with Crippen LogP contribution in [0.2, 0.25) is 5.02 Å². The Hall–Kier alpha value is -0.900. The number of carbonyl (C=O) groups excluding carboxylic acids is 1. The fourth-order valence-corrected chi connectivity index (χ4v) is 1.82. The topological polar surface area (TPSA) is 52.3 Å². The van der Waals surface area contributed by atoms with Gasteiger partial charge in [0.25, 0.3) is 0 Å². The lowest BCUT2D eigenvalue weighted by atomic mass is 10.0. The predicted octanol–water partition coefficient (Wildman–Crippen LogP) is 2.12. The molecule has 0 saturated heterocycles. The van der Waals surface area contributed by atoms with Gasteiger partial charge >= 0.3 is 0 Å². The maximum Gasteiger partial charge on any atom is 0.154 e. The van der Waals surface area contributed by atoms with Gasteiger partial charge in [0.05, 0.1) is 6.04 Å². The van der Waals surface area contributed by atoms with E-state index in [1.807, 2.05) is 25.1 Å². The zero-order valence-corrected chi connectivity index (χ0v) is 11.0. The molecule has 0 fully saturated rings. The van der Waals surface area contributed by atoms with Crippen molar-refractivity contribution in [3.63, 3.8) is 0 Å². The van der Waals surface area contributed by atoms with E-state index in [2.05, 4.69) is 0 Å². The summed E-state index contributed by atoms with van der Waals surface area (Å²) in [5.74, 6) is -0.00666. The molecule has 0 radical (unpaired) electrons. The molecule has 0 aliphatic carbocycles. The zero-order valence-electron chi connectivity index (χ0n) is 10.2. The molecule has 0 aliphatic heterocycles. The van der Waals surface area contributed by atoms with Crippen molar-refractivity contribution < 1.29 is 9.53 Å². The molecule has 1 rings (SSSR count). The van der Waals surface area contributed by atoms with E-state index >= 15 is 0 Å². The second kappa shape index (κ2) is 6.74. The van der Waals surface area contributed by atoms with Crippen molar-refractivity contribution in [3.8, 4) is 0 Å². The van der Waals surface area contributed by atoms with Gasteiger partial charge in [0.15, 0.2) is 5.78 Å². The molecular weight excluding hydrogens is 238 g/mol. The predicted molar refractivity (Wildman–Crippen MR) is 69.4 cm³/mol. The van der Waals surface area contributed by atoms with E-state index < -0.39 is 6.04 Å². The van der Waals surface area contributed by atoms with E-state index in [1.165, 1.54) is 0 Å². The largest absolute Gasteiger partial charge is 0.385 e. The molecule has 1 aromatic carbocycles. The van der Waals surface area contributed by atoms with Crippen LogP contribution in [0.5, 0.6) is 0 Å². The van der Waals surface area contributed by atoms with Gasteiger partial charge in [-0.15, -0.1) is 0 Å². The van der Waals surface area contributed by atoms with Crippen LogP contribution in [0.1, 0.15) is 17.5 Å². The molecule has 1 unspecified atom stereocenters. The number of halogens is 1. The highest BCUT2D eigenvalue weighted by Gasteiger charge is 2.15. The third-order valence-corrected chi connectivity index (χ3v) is 2.97. The Labute approximate surface area is 107 Å². The Morgan fingerprint density at radius 3 is 2.82 bits per heavy atom. The number of ketones is 1. The zero-order chi connectivity index (χ0) is 12.8. The Kier molecular flexibility index (Phi) is 5.62. The van der Waals surface area contributed by atoms with Crippen molar-refractivity contribution in [1.82, 2.24) is 0 Å². The van der Waals surface area contributed by atoms with Crippen molar-refractivity contribution >= 4 is 17.4 Å². The molecule has 17 heavy (non-hydrogen) atoms. The summed E-state index contributed by atoms with van der Waals surface area (Å²) >= 11 is 6.06. The van der Waals surface area contributed by atoms with Gasteiger partial charge in [-0.25, -0.2) is 0 Å². The number of aryl methyl sites for hydroxylation is 1. The first-order chi connectivity index (χ1) is 8.04. The van der Waals surface area contributed by atoms with Crippen LogP contribution in [0.3, 0.4) is 0 Å². The van der Waals surface area contributed by atoms with Crippen LogP contribution in [0.15, 0.2) is 18.2 Å². The van der Waals surface area contributed by atoms with Crippen LogP contribution in [-0.2, 0) is 16.0 Å². The molecule has 2 N–H and O–H groups in total. The minimum atomic E-state index is -0.479. The highest BCUT2D eigenvalue weighted by atomic mass is 35.5. The van der Waals surface area contributed by atoms with E-state index in [0.29, 0.717) is 18.1 Å². The lowest BCUT2D eigenvalue weighted by molar-refractivity contribution is -0.120. The van der Waals surface area contributed by atoms with Crippen molar-refractivity contribution in [2.75, 3.05) is 13.7 Å². The molecule has 94 valence electrons. The van der Waals surface area contributed by atoms with Crippen LogP contribution in [0, 0.1) is 6.92 Å². The van der Waals surface area contributed by atoms with E-state index in [1.54, 1.807) is 7.11 Å². The number of carbonyl (C=O) groups is 1. The molecule has 4 heteroatoms. The average molecular weight is 256 g/mol. The van der Waals surface area contributed by atoms with Crippen molar-refractivity contribution in [2.24, 2.45) is 5.73 Å². The molecule has 0 aromatic heterocycles. The Bertz CT molecular complexity index is 393. The highest BCUT2D eigenvalue weighted by molar-refractivity contribution is 6.31. The smallest absolute Gasteiger partial charge is 0.154 e. The Morgan fingerprint density at radius 2 is 2.24 bits per heavy atom. The van der Waals surface area contributed by atoms with Gasteiger partial charge in [0, 0.05) is 25.2 Å². The maximum atomic E-state index is 11.8. The monoisotopic (exact) mass is 255 g/mol. The van der Waals surface area contributed by atoms with E-state index in [9.17, 15) is 4.79 Å². The maximum absolute atomic E-state index is 11.8. The fraction of sp³-hybridized carbons (Fsp3) is 0.462. The van der Waals surface area contributed by atoms with Gasteiger partial charge in [-0.05, 0) is 30.5 Å². The first kappa shape index (κ1) is 14.2. The normalized spacial score (nSPS) is 12.5. The van der Waals surface area contributed by atoms with Crippen molar-refractivity contribution in [1.29, 1.82) is 0 Å². The van der Waals surface area contributed by atoms with Gasteiger partial charge in [-0.2, -0.15) is 0 Å². The Morgan fingerprint density at radius 1 is 1.53 bits per heavy atom. The molecule has 0 spiro atoms. The fourth-order valence-electron chi connectivity index (χ4n) is 1.52. The summed E-state index contributed by atoms with van der Waals surface area (Å²) in [6.45, 7) is 2.45. The minimum absolute atomic E-state index is 0.00666. The van der Waals surface area contributed by atoms with Crippen LogP contribution in [-0.4, -0.2) is 25.5 Å². The summed E-state index contributed by atoms with van der Waals surface area (Å²) in [6.07, 6.45) is 0.822. The van der Waals surface area contributed by atoms with Crippen LogP contribution < -0.4 is 5.73 Å². The van der Waals surface area contributed by atoms with Crippen LogP contribution in [0.25, 0.3) is 0 Å². The molecule has 0 bridgehead atoms. The molecule has 0 heterocycles. The Balaban J connectivity index is 2.61. The average Bonchev–Trinajstić information content (AvgIpc) is 2.29. The number of benzene rings is 1. The summed E-state index contributed by atoms with van der Waals surface area (Å²) in [6, 6.07) is 5.19. The van der Waals surface area contributed by atoms with Crippen molar-refractivity contribution in [2.45, 2.75) is 25.8 Å². The van der Waals surface area contributed by atoms with Crippen LogP contribution >= 0.6 is 11.6 Å². The number of Topliss-reactive ketones (excluding diaryl/α,β-unsaturated/α-hetero) is 1. The van der Waals surface area contributed by atoms with Gasteiger partial charge < -0.3 is 10.5 Å². The first-order valence-electron chi connectivity index (χ1n) is 5.57. The SMILES string of the molecule is COCCC(N)C(=O)Cc1ccc(C)cc1Cl. The molecule has 0 amide bonds. The lowest BCUT2D eigenvalue weighted by Gasteiger charge is -2.11. The number of hydrogen-bond donors (Lipinski definition) is 1. The molecule has 0 aliphatic rings. The summed E-state index contributed by atoms with van der Waals surface area (Å²) < 4.78 is 4.89. The van der Waals surface area contributed by atoms with Gasteiger partial charge in [0.1, 0.15) is 0 Å². The number of ether oxygens (including phenoxy) is 1. The van der Waals surface area contributed by atoms with Gasteiger partial charge in [0.2, 0.25) is 0 Å². The lowest BCUT2D eigenvalue weighted by Crippen LogP contribution is -2.33. The second-order valence-corrected chi connectivity index (χ2v) is 4.53. The van der Waals surface area contributed by atoms with Gasteiger partial charge in [-0.1, -0.05) is 23.7 Å². The van der Waals surface area contributed by atoms with E-state index in [-0.39, 0.29) is 12.2 Å². The third kappa shape index (κ3) is 4.46. The summed E-state index contributed by atoms with van der Waals surface area (Å²) in [5.41, 5.74) is 7.67. The second-order valence-electron chi connectivity index (χ2n) is 4.13. The summed E-state index contributed by atoms with van der Waals surface area (Å²) in [7, 11) is 1.59. The molecule has 3 nitrogen and oxygen atoms in total. The number of methoxy groups -OCH3 is 1. The van der Waals surface area contributed by atoms with Gasteiger partial charge in [-0.3, -0.25) is 4.79 Å². The number of rotatable bonds is 6. The minimum Gasteiger partial charge on any atom is -0.385 e. The molecule has 0 saturated carbocycles. The third-order valence-electron chi connectivity index (χ3n) is 2.62. The summed E-state index contributed by atoms with van der Waals surface area (Å²) in [5, 5.41) is 0.622. The number of hydrogen-bond acceptors (Lipinski definition) is 3. The highest BCUT2D eigenvalue weighted by Crippen LogP contribution is 2.18. The quantitative estimate of drug-likeness (QED) is 0.847. The summed E-state index contributed by atoms with van der Waals surface area (Å²) in [4.78, 5) is 11.8. The molecule has 1 atom stereocenters. The standard InChI is InChI=1S/C13H18ClNO2/c1-9-3-4-10(11(14)7-9)8-13(16)12(15)5-6-17-2/h3-4,7,12H,5-6,8,15H2,1-2H3. The van der Waals surface area contributed by atoms with Crippen molar-refractivity contribution in [3.05, 3.63) is 34.3 Å². The number of nitrogens with two attached hydrogens (primary N) is 1. The van der Waals surface area contributed by atoms with E-state index in [0.717, 1.165) is 11.1 Å². The van der Waals surface area contributed by atoms with Crippen LogP contribution in [0.4, 0.5) is 0 Å². The molecule has 1 aromatic rings.